The number of aliphatic imine (C=N–C) groups is 1. The summed E-state index contributed by atoms with van der Waals surface area (Å²) in [6.07, 6.45) is 5.44. The van der Waals surface area contributed by atoms with Gasteiger partial charge in [-0.3, -0.25) is 9.67 Å². The van der Waals surface area contributed by atoms with Gasteiger partial charge in [-0.2, -0.15) is 5.10 Å². The Balaban J connectivity index is 1.69. The van der Waals surface area contributed by atoms with E-state index in [-0.39, 0.29) is 0 Å². The van der Waals surface area contributed by atoms with Gasteiger partial charge < -0.3 is 20.5 Å². The molecule has 1 aromatic carbocycles. The molecule has 3 N–H and O–H groups in total. The first-order valence-electron chi connectivity index (χ1n) is 7.95. The van der Waals surface area contributed by atoms with E-state index >= 15 is 0 Å². The average Bonchev–Trinajstić information content (AvgIpc) is 3.12. The summed E-state index contributed by atoms with van der Waals surface area (Å²) in [5.41, 5.74) is 7.02. The summed E-state index contributed by atoms with van der Waals surface area (Å²) in [4.78, 5) is 4.31. The zero-order valence-corrected chi connectivity index (χ0v) is 14.2. The molecule has 0 amide bonds. The summed E-state index contributed by atoms with van der Waals surface area (Å²) < 4.78 is 12.4. The first kappa shape index (κ1) is 17.7. The lowest BCUT2D eigenvalue weighted by Crippen LogP contribution is -2.33. The molecule has 7 nitrogen and oxygen atoms in total. The van der Waals surface area contributed by atoms with Crippen LogP contribution in [0.4, 0.5) is 0 Å². The Morgan fingerprint density at radius 3 is 2.83 bits per heavy atom. The highest BCUT2D eigenvalue weighted by atomic mass is 16.5. The van der Waals surface area contributed by atoms with Gasteiger partial charge in [-0.1, -0.05) is 6.07 Å². The molecule has 0 spiro atoms. The average molecular weight is 331 g/mol. The number of nitrogens with zero attached hydrogens (tertiary/aromatic N) is 3. The number of ether oxygens (including phenoxy) is 2. The minimum Gasteiger partial charge on any atom is -0.493 e. The number of hydrogen-bond donors (Lipinski definition) is 2. The molecule has 1 heterocycles. The molecule has 0 saturated carbocycles. The number of nitrogens with one attached hydrogen (secondary N) is 1. The normalized spacial score (nSPS) is 11.3. The Morgan fingerprint density at radius 2 is 2.12 bits per heavy atom. The SMILES string of the molecule is COc1ccc(CCNC(N)=NCCCn2cccn2)cc1OC. The number of methoxy groups -OCH3 is 2. The number of aryl methyl sites for hydroxylation is 1. The van der Waals surface area contributed by atoms with E-state index in [1.54, 1.807) is 20.4 Å². The second-order valence-corrected chi connectivity index (χ2v) is 5.26. The Bertz CT molecular complexity index is 640. The molecule has 2 rings (SSSR count). The number of guanidine groups is 1. The lowest BCUT2D eigenvalue weighted by Gasteiger charge is -2.10. The molecule has 0 radical (unpaired) electrons. The van der Waals surface area contributed by atoms with Gasteiger partial charge in [0.25, 0.3) is 0 Å². The van der Waals surface area contributed by atoms with Crippen LogP contribution in [0.3, 0.4) is 0 Å². The van der Waals surface area contributed by atoms with Crippen LogP contribution in [0.1, 0.15) is 12.0 Å². The summed E-state index contributed by atoms with van der Waals surface area (Å²) in [5, 5.41) is 7.27. The Hall–Kier alpha value is -2.70. The van der Waals surface area contributed by atoms with Crippen molar-refractivity contribution >= 4 is 5.96 Å². The molecule has 0 unspecified atom stereocenters. The second-order valence-electron chi connectivity index (χ2n) is 5.26. The first-order valence-corrected chi connectivity index (χ1v) is 7.95. The Labute approximate surface area is 142 Å². The van der Waals surface area contributed by atoms with E-state index in [4.69, 9.17) is 15.2 Å². The topological polar surface area (TPSA) is 86.7 Å². The summed E-state index contributed by atoms with van der Waals surface area (Å²) >= 11 is 0. The van der Waals surface area contributed by atoms with Crippen LogP contribution in [0.25, 0.3) is 0 Å². The minimum absolute atomic E-state index is 0.468. The highest BCUT2D eigenvalue weighted by Crippen LogP contribution is 2.27. The zero-order valence-electron chi connectivity index (χ0n) is 14.2. The van der Waals surface area contributed by atoms with Crippen LogP contribution in [0.5, 0.6) is 11.5 Å². The van der Waals surface area contributed by atoms with Crippen molar-refractivity contribution < 1.29 is 9.47 Å². The maximum atomic E-state index is 5.87. The number of nitrogens with two attached hydrogens (primary N) is 1. The molecule has 0 saturated heterocycles. The van der Waals surface area contributed by atoms with E-state index in [2.05, 4.69) is 15.4 Å². The zero-order chi connectivity index (χ0) is 17.2. The molecule has 7 heteroatoms. The molecule has 2 aromatic rings. The van der Waals surface area contributed by atoms with Crippen molar-refractivity contribution in [3.8, 4) is 11.5 Å². The number of benzene rings is 1. The molecule has 0 bridgehead atoms. The highest BCUT2D eigenvalue weighted by molar-refractivity contribution is 5.77. The predicted octanol–water partition coefficient (Wildman–Crippen LogP) is 1.44. The molecule has 0 aliphatic heterocycles. The van der Waals surface area contributed by atoms with Gasteiger partial charge in [0.15, 0.2) is 17.5 Å². The van der Waals surface area contributed by atoms with E-state index in [0.717, 1.165) is 36.4 Å². The largest absolute Gasteiger partial charge is 0.493 e. The lowest BCUT2D eigenvalue weighted by atomic mass is 10.1. The third-order valence-electron chi connectivity index (χ3n) is 3.55. The van der Waals surface area contributed by atoms with E-state index in [0.29, 0.717) is 19.0 Å². The summed E-state index contributed by atoms with van der Waals surface area (Å²) in [6.45, 7) is 2.23. The third-order valence-corrected chi connectivity index (χ3v) is 3.55. The monoisotopic (exact) mass is 331 g/mol. The first-order chi connectivity index (χ1) is 11.7. The van der Waals surface area contributed by atoms with E-state index < -0.39 is 0 Å². The number of hydrogen-bond acceptors (Lipinski definition) is 4. The van der Waals surface area contributed by atoms with Crippen LogP contribution >= 0.6 is 0 Å². The summed E-state index contributed by atoms with van der Waals surface area (Å²) in [5.74, 6) is 1.93. The summed E-state index contributed by atoms with van der Waals surface area (Å²) in [6, 6.07) is 7.80. The molecular formula is C17H25N5O2. The molecule has 130 valence electrons. The molecule has 0 fully saturated rings. The molecular weight excluding hydrogens is 306 g/mol. The van der Waals surface area contributed by atoms with Crippen LogP contribution in [0.15, 0.2) is 41.7 Å². The quantitative estimate of drug-likeness (QED) is 0.412. The lowest BCUT2D eigenvalue weighted by molar-refractivity contribution is 0.354. The van der Waals surface area contributed by atoms with Crippen molar-refractivity contribution in [3.63, 3.8) is 0 Å². The van der Waals surface area contributed by atoms with E-state index in [9.17, 15) is 0 Å². The van der Waals surface area contributed by atoms with Crippen LogP contribution in [0.2, 0.25) is 0 Å². The van der Waals surface area contributed by atoms with Gasteiger partial charge in [0.2, 0.25) is 0 Å². The maximum absolute atomic E-state index is 5.87. The van der Waals surface area contributed by atoms with Gasteiger partial charge in [-0.05, 0) is 36.6 Å². The minimum atomic E-state index is 0.468. The van der Waals surface area contributed by atoms with Crippen molar-refractivity contribution in [1.82, 2.24) is 15.1 Å². The molecule has 0 atom stereocenters. The van der Waals surface area contributed by atoms with Crippen molar-refractivity contribution in [2.75, 3.05) is 27.3 Å². The van der Waals surface area contributed by atoms with Crippen molar-refractivity contribution in [3.05, 3.63) is 42.2 Å². The second kappa shape index (κ2) is 9.44. The van der Waals surface area contributed by atoms with Gasteiger partial charge in [-0.25, -0.2) is 0 Å². The fourth-order valence-corrected chi connectivity index (χ4v) is 2.29. The van der Waals surface area contributed by atoms with E-state index in [1.165, 1.54) is 0 Å². The third kappa shape index (κ3) is 5.49. The maximum Gasteiger partial charge on any atom is 0.188 e. The molecule has 24 heavy (non-hydrogen) atoms. The summed E-state index contributed by atoms with van der Waals surface area (Å²) in [7, 11) is 3.26. The smallest absolute Gasteiger partial charge is 0.188 e. The van der Waals surface area contributed by atoms with E-state index in [1.807, 2.05) is 35.1 Å². The van der Waals surface area contributed by atoms with Crippen molar-refractivity contribution in [2.24, 2.45) is 10.7 Å². The van der Waals surface area contributed by atoms with Gasteiger partial charge in [0.1, 0.15) is 0 Å². The Morgan fingerprint density at radius 1 is 1.29 bits per heavy atom. The standard InChI is InChI=1S/C17H25N5O2/c1-23-15-6-5-14(13-16(15)24-2)7-10-20-17(18)19-8-3-11-22-12-4-9-21-22/h4-6,9,12-13H,3,7-8,10-11H2,1-2H3,(H3,18,19,20). The van der Waals surface area contributed by atoms with Crippen LogP contribution in [-0.4, -0.2) is 43.0 Å². The Kier molecular flexibility index (Phi) is 6.94. The number of rotatable bonds is 9. The van der Waals surface area contributed by atoms with Gasteiger partial charge in [-0.15, -0.1) is 0 Å². The molecule has 0 aliphatic rings. The van der Waals surface area contributed by atoms with Gasteiger partial charge in [0.05, 0.1) is 14.2 Å². The highest BCUT2D eigenvalue weighted by Gasteiger charge is 2.04. The van der Waals surface area contributed by atoms with Crippen molar-refractivity contribution in [1.29, 1.82) is 0 Å². The van der Waals surface area contributed by atoms with Crippen LogP contribution < -0.4 is 20.5 Å². The fourth-order valence-electron chi connectivity index (χ4n) is 2.29. The molecule has 1 aromatic heterocycles. The van der Waals surface area contributed by atoms with Gasteiger partial charge in [0, 0.05) is 32.0 Å². The number of aromatic nitrogens is 2. The van der Waals surface area contributed by atoms with Crippen LogP contribution in [0, 0.1) is 0 Å². The molecule has 0 aliphatic carbocycles. The van der Waals surface area contributed by atoms with Crippen LogP contribution in [-0.2, 0) is 13.0 Å². The predicted molar refractivity (Wildman–Crippen MR) is 94.6 cm³/mol. The van der Waals surface area contributed by atoms with Crippen molar-refractivity contribution in [2.45, 2.75) is 19.4 Å². The van der Waals surface area contributed by atoms with Gasteiger partial charge >= 0.3 is 0 Å². The fraction of sp³-hybridized carbons (Fsp3) is 0.412.